The van der Waals surface area contributed by atoms with Gasteiger partial charge in [-0.3, -0.25) is 4.98 Å². The lowest BCUT2D eigenvalue weighted by Crippen LogP contribution is -2.26. The van der Waals surface area contributed by atoms with Gasteiger partial charge < -0.3 is 0 Å². The molecule has 1 aromatic heterocycles. The van der Waals surface area contributed by atoms with Crippen molar-refractivity contribution in [1.82, 2.24) is 4.98 Å². The van der Waals surface area contributed by atoms with Gasteiger partial charge in [-0.05, 0) is 22.6 Å². The Morgan fingerprint density at radius 3 is 2.86 bits per heavy atom. The first-order valence-electron chi connectivity index (χ1n) is 2.01. The van der Waals surface area contributed by atoms with Crippen LogP contribution in [-0.2, 0) is 4.55 Å². The molecule has 0 aliphatic carbocycles. The van der Waals surface area contributed by atoms with E-state index in [1.54, 1.807) is 0 Å². The highest BCUT2D eigenvalue weighted by molar-refractivity contribution is 14.1. The molecular weight excluding hydrogens is 203 g/mol. The minimum absolute atomic E-state index is 1.02. The van der Waals surface area contributed by atoms with Gasteiger partial charge in [0.1, 0.15) is 16.9 Å². The molecule has 38 valence electrons. The smallest absolute Gasteiger partial charge is 0.242 e. The van der Waals surface area contributed by atoms with Gasteiger partial charge in [0.25, 0.3) is 0 Å². The summed E-state index contributed by atoms with van der Waals surface area (Å²) < 4.78 is 3.07. The SMILES string of the molecule is IC[n+]1cc[nH]c1. The van der Waals surface area contributed by atoms with Gasteiger partial charge in [-0.2, -0.15) is 0 Å². The summed E-state index contributed by atoms with van der Waals surface area (Å²) in [7, 11) is 0. The fourth-order valence-electron chi connectivity index (χ4n) is 0.395. The number of hydrogen-bond acceptors (Lipinski definition) is 0. The minimum Gasteiger partial charge on any atom is -0.250 e. The number of alkyl halides is 1. The fraction of sp³-hybridized carbons (Fsp3) is 0.250. The van der Waals surface area contributed by atoms with E-state index >= 15 is 0 Å². The summed E-state index contributed by atoms with van der Waals surface area (Å²) in [5.41, 5.74) is 0. The van der Waals surface area contributed by atoms with Crippen LogP contribution < -0.4 is 4.57 Å². The Balaban J connectivity index is 2.76. The summed E-state index contributed by atoms with van der Waals surface area (Å²) in [6.45, 7) is 0. The maximum atomic E-state index is 2.94. The summed E-state index contributed by atoms with van der Waals surface area (Å²) in [5, 5.41) is 0. The first-order chi connectivity index (χ1) is 3.43. The maximum Gasteiger partial charge on any atom is 0.242 e. The number of nitrogens with one attached hydrogen (secondary N) is 1. The fourth-order valence-corrected chi connectivity index (χ4v) is 0.819. The Morgan fingerprint density at radius 1 is 1.71 bits per heavy atom. The predicted octanol–water partition coefficient (Wildman–Crippen LogP) is 0.695. The molecule has 0 radical (unpaired) electrons. The zero-order valence-corrected chi connectivity index (χ0v) is 5.92. The van der Waals surface area contributed by atoms with Crippen LogP contribution in [0.2, 0.25) is 0 Å². The second-order valence-electron chi connectivity index (χ2n) is 1.25. The highest BCUT2D eigenvalue weighted by Crippen LogP contribution is 1.77. The van der Waals surface area contributed by atoms with E-state index in [2.05, 4.69) is 32.1 Å². The predicted molar refractivity (Wildman–Crippen MR) is 35.0 cm³/mol. The Labute approximate surface area is 55.7 Å². The van der Waals surface area contributed by atoms with E-state index in [0.29, 0.717) is 0 Å². The van der Waals surface area contributed by atoms with Crippen LogP contribution in [0.1, 0.15) is 0 Å². The standard InChI is InChI=1S/C4H5IN2/c5-3-7-2-1-6-4-7/h1-2,4H,3H2/p+1. The molecule has 0 spiro atoms. The van der Waals surface area contributed by atoms with Gasteiger partial charge in [0, 0.05) is 0 Å². The summed E-state index contributed by atoms with van der Waals surface area (Å²) in [6.07, 6.45) is 5.82. The zero-order chi connectivity index (χ0) is 5.11. The van der Waals surface area contributed by atoms with Gasteiger partial charge in [0.15, 0.2) is 0 Å². The van der Waals surface area contributed by atoms with Crippen LogP contribution >= 0.6 is 22.6 Å². The molecule has 0 amide bonds. The van der Waals surface area contributed by atoms with Crippen LogP contribution in [0, 0.1) is 0 Å². The molecule has 1 N–H and O–H groups in total. The van der Waals surface area contributed by atoms with Gasteiger partial charge in [0.2, 0.25) is 6.33 Å². The number of hydrogen-bond donors (Lipinski definition) is 1. The number of aromatic nitrogens is 2. The quantitative estimate of drug-likeness (QED) is 0.399. The molecular formula is C4H6IN2+. The maximum absolute atomic E-state index is 2.94. The lowest BCUT2D eigenvalue weighted by Gasteiger charge is -1.77. The van der Waals surface area contributed by atoms with Gasteiger partial charge in [-0.1, -0.05) is 0 Å². The third-order valence-corrected chi connectivity index (χ3v) is 1.53. The molecule has 0 unspecified atom stereocenters. The molecule has 0 atom stereocenters. The van der Waals surface area contributed by atoms with Crippen LogP contribution in [0.4, 0.5) is 0 Å². The first kappa shape index (κ1) is 5.08. The highest BCUT2D eigenvalue weighted by Gasteiger charge is 1.86. The van der Waals surface area contributed by atoms with Crippen molar-refractivity contribution < 1.29 is 4.57 Å². The topological polar surface area (TPSA) is 19.7 Å². The third kappa shape index (κ3) is 1.15. The molecule has 0 aliphatic rings. The van der Waals surface area contributed by atoms with Crippen LogP contribution in [-0.4, -0.2) is 4.98 Å². The molecule has 0 aromatic carbocycles. The van der Waals surface area contributed by atoms with E-state index in [4.69, 9.17) is 0 Å². The van der Waals surface area contributed by atoms with E-state index in [1.165, 1.54) is 0 Å². The largest absolute Gasteiger partial charge is 0.250 e. The molecule has 2 nitrogen and oxygen atoms in total. The van der Waals surface area contributed by atoms with E-state index in [9.17, 15) is 0 Å². The van der Waals surface area contributed by atoms with E-state index in [-0.39, 0.29) is 0 Å². The summed E-state index contributed by atoms with van der Waals surface area (Å²) in [6, 6.07) is 0. The molecule has 0 saturated carbocycles. The monoisotopic (exact) mass is 209 g/mol. The van der Waals surface area contributed by atoms with Crippen LogP contribution in [0.5, 0.6) is 0 Å². The zero-order valence-electron chi connectivity index (χ0n) is 3.76. The van der Waals surface area contributed by atoms with Crippen molar-refractivity contribution in [2.75, 3.05) is 0 Å². The van der Waals surface area contributed by atoms with Crippen molar-refractivity contribution in [1.29, 1.82) is 0 Å². The molecule has 0 bridgehead atoms. The van der Waals surface area contributed by atoms with E-state index in [1.807, 2.05) is 18.7 Å². The molecule has 1 aromatic rings. The summed E-state index contributed by atoms with van der Waals surface area (Å²) >= 11 is 2.29. The Kier molecular flexibility index (Phi) is 1.67. The van der Waals surface area contributed by atoms with Crippen LogP contribution in [0.15, 0.2) is 18.7 Å². The number of H-pyrrole nitrogens is 1. The van der Waals surface area contributed by atoms with Crippen molar-refractivity contribution in [3.63, 3.8) is 0 Å². The number of aromatic amines is 1. The molecule has 0 fully saturated rings. The summed E-state index contributed by atoms with van der Waals surface area (Å²) in [5.74, 6) is 0. The second-order valence-corrected chi connectivity index (χ2v) is 1.93. The van der Waals surface area contributed by atoms with Crippen molar-refractivity contribution >= 4 is 22.6 Å². The first-order valence-corrected chi connectivity index (χ1v) is 3.54. The van der Waals surface area contributed by atoms with E-state index in [0.717, 1.165) is 4.55 Å². The highest BCUT2D eigenvalue weighted by atomic mass is 127. The third-order valence-electron chi connectivity index (χ3n) is 0.741. The second kappa shape index (κ2) is 2.30. The van der Waals surface area contributed by atoms with Gasteiger partial charge in [-0.25, -0.2) is 4.57 Å². The van der Waals surface area contributed by atoms with Crippen LogP contribution in [0.25, 0.3) is 0 Å². The Morgan fingerprint density at radius 2 is 2.57 bits per heavy atom. The number of imidazole rings is 1. The van der Waals surface area contributed by atoms with Gasteiger partial charge in [0.05, 0.1) is 0 Å². The van der Waals surface area contributed by atoms with Crippen molar-refractivity contribution in [3.8, 4) is 0 Å². The Bertz CT molecular complexity index is 124. The van der Waals surface area contributed by atoms with Gasteiger partial charge in [-0.15, -0.1) is 0 Å². The minimum atomic E-state index is 1.02. The van der Waals surface area contributed by atoms with Crippen molar-refractivity contribution in [3.05, 3.63) is 18.7 Å². The lowest BCUT2D eigenvalue weighted by atomic mass is 10.9. The molecule has 0 aliphatic heterocycles. The lowest BCUT2D eigenvalue weighted by molar-refractivity contribution is -0.669. The molecule has 3 heteroatoms. The molecule has 7 heavy (non-hydrogen) atoms. The average Bonchev–Trinajstić information content (AvgIpc) is 2.14. The average molecular weight is 209 g/mol. The number of halogens is 1. The Hall–Kier alpha value is -0.0600. The number of rotatable bonds is 1. The van der Waals surface area contributed by atoms with Gasteiger partial charge >= 0.3 is 0 Å². The van der Waals surface area contributed by atoms with Crippen molar-refractivity contribution in [2.24, 2.45) is 0 Å². The molecule has 1 heterocycles. The van der Waals surface area contributed by atoms with E-state index < -0.39 is 0 Å². The number of nitrogens with zero attached hydrogens (tertiary/aromatic N) is 1. The normalized spacial score (nSPS) is 9.29. The molecule has 0 saturated heterocycles. The van der Waals surface area contributed by atoms with Crippen LogP contribution in [0.3, 0.4) is 0 Å². The molecule has 1 rings (SSSR count). The van der Waals surface area contributed by atoms with Crippen molar-refractivity contribution in [2.45, 2.75) is 4.55 Å². The summed E-state index contributed by atoms with van der Waals surface area (Å²) in [4.78, 5) is 2.94.